The van der Waals surface area contributed by atoms with Crippen molar-refractivity contribution >= 4 is 29.9 Å². The Hall–Kier alpha value is -1.59. The van der Waals surface area contributed by atoms with E-state index < -0.39 is 0 Å². The minimum Gasteiger partial charge on any atom is -0.338 e. The summed E-state index contributed by atoms with van der Waals surface area (Å²) in [5.41, 5.74) is 7.85. The van der Waals surface area contributed by atoms with Crippen LogP contribution in [0.4, 0.5) is 5.69 Å². The van der Waals surface area contributed by atoms with Gasteiger partial charge in [0.15, 0.2) is 0 Å². The topological polar surface area (TPSA) is 75.4 Å². The number of anilines is 1. The third kappa shape index (κ3) is 5.44. The molecule has 0 radical (unpaired) electrons. The highest BCUT2D eigenvalue weighted by Crippen LogP contribution is 2.25. The van der Waals surface area contributed by atoms with Gasteiger partial charge in [0, 0.05) is 37.2 Å². The van der Waals surface area contributed by atoms with Crippen molar-refractivity contribution < 1.29 is 9.59 Å². The lowest BCUT2D eigenvalue weighted by Crippen LogP contribution is -2.35. The maximum Gasteiger partial charge on any atom is 0.227 e. The zero-order chi connectivity index (χ0) is 16.9. The van der Waals surface area contributed by atoms with Gasteiger partial charge in [-0.15, -0.1) is 12.4 Å². The van der Waals surface area contributed by atoms with Gasteiger partial charge in [-0.3, -0.25) is 9.59 Å². The fourth-order valence-corrected chi connectivity index (χ4v) is 3.71. The molecule has 5 nitrogen and oxygen atoms in total. The number of piperidine rings is 1. The smallest absolute Gasteiger partial charge is 0.227 e. The number of nitrogens with zero attached hydrogens (tertiary/aromatic N) is 1. The second-order valence-electron chi connectivity index (χ2n) is 7.09. The highest BCUT2D eigenvalue weighted by molar-refractivity contribution is 5.92. The molecule has 1 aromatic carbocycles. The zero-order valence-electron chi connectivity index (χ0n) is 14.6. The maximum atomic E-state index is 12.4. The molecule has 0 spiro atoms. The largest absolute Gasteiger partial charge is 0.338 e. The van der Waals surface area contributed by atoms with Gasteiger partial charge in [0.2, 0.25) is 11.8 Å². The highest BCUT2D eigenvalue weighted by atomic mass is 35.5. The number of carbonyl (C=O) groups excluding carboxylic acids is 2. The monoisotopic (exact) mass is 365 g/mol. The first-order valence-corrected chi connectivity index (χ1v) is 9.05. The van der Waals surface area contributed by atoms with E-state index in [2.05, 4.69) is 5.32 Å². The molecule has 1 aliphatic carbocycles. The van der Waals surface area contributed by atoms with Gasteiger partial charge < -0.3 is 16.0 Å². The number of amides is 2. The molecule has 3 rings (SSSR count). The summed E-state index contributed by atoms with van der Waals surface area (Å²) in [6, 6.07) is 7.97. The lowest BCUT2D eigenvalue weighted by molar-refractivity contribution is -0.133. The van der Waals surface area contributed by atoms with E-state index in [1.165, 1.54) is 0 Å². The first-order chi connectivity index (χ1) is 11.6. The number of rotatable bonds is 4. The average molecular weight is 366 g/mol. The molecule has 2 fully saturated rings. The van der Waals surface area contributed by atoms with Gasteiger partial charge in [-0.25, -0.2) is 0 Å². The predicted molar refractivity (Wildman–Crippen MR) is 102 cm³/mol. The summed E-state index contributed by atoms with van der Waals surface area (Å²) < 4.78 is 0. The van der Waals surface area contributed by atoms with Crippen molar-refractivity contribution in [2.24, 2.45) is 11.7 Å². The number of carbonyl (C=O) groups is 2. The van der Waals surface area contributed by atoms with E-state index in [9.17, 15) is 9.59 Å². The van der Waals surface area contributed by atoms with E-state index in [1.807, 2.05) is 29.2 Å². The van der Waals surface area contributed by atoms with Gasteiger partial charge in [-0.1, -0.05) is 18.6 Å². The van der Waals surface area contributed by atoms with E-state index >= 15 is 0 Å². The number of nitrogens with one attached hydrogen (secondary N) is 1. The minimum absolute atomic E-state index is 0. The number of hydrogen-bond acceptors (Lipinski definition) is 3. The lowest BCUT2D eigenvalue weighted by atomic mass is 9.85. The molecule has 1 saturated carbocycles. The molecule has 2 unspecified atom stereocenters. The van der Waals surface area contributed by atoms with Crippen LogP contribution in [0.15, 0.2) is 24.3 Å². The zero-order valence-corrected chi connectivity index (χ0v) is 15.4. The molecule has 1 heterocycles. The van der Waals surface area contributed by atoms with Crippen LogP contribution >= 0.6 is 12.4 Å². The summed E-state index contributed by atoms with van der Waals surface area (Å²) in [5.74, 6) is 0.310. The molecule has 6 heteroatoms. The van der Waals surface area contributed by atoms with Crippen LogP contribution in [-0.4, -0.2) is 29.3 Å². The highest BCUT2D eigenvalue weighted by Gasteiger charge is 2.25. The van der Waals surface area contributed by atoms with E-state index in [0.717, 1.165) is 56.3 Å². The van der Waals surface area contributed by atoms with Crippen molar-refractivity contribution in [1.29, 1.82) is 0 Å². The third-order valence-corrected chi connectivity index (χ3v) is 5.07. The first kappa shape index (κ1) is 19.7. The number of hydrogen-bond donors (Lipinski definition) is 2. The molecule has 0 bridgehead atoms. The Morgan fingerprint density at radius 3 is 2.84 bits per heavy atom. The fraction of sp³-hybridized carbons (Fsp3) is 0.579. The van der Waals surface area contributed by atoms with E-state index in [1.54, 1.807) is 0 Å². The Labute approximate surface area is 155 Å². The van der Waals surface area contributed by atoms with Crippen LogP contribution in [0.3, 0.4) is 0 Å². The third-order valence-electron chi connectivity index (χ3n) is 5.07. The Morgan fingerprint density at radius 1 is 1.24 bits per heavy atom. The molecule has 1 aromatic rings. The van der Waals surface area contributed by atoms with Crippen LogP contribution < -0.4 is 11.1 Å². The molecule has 2 aliphatic rings. The average Bonchev–Trinajstić information content (AvgIpc) is 2.57. The lowest BCUT2D eigenvalue weighted by Gasteiger charge is -2.27. The summed E-state index contributed by atoms with van der Waals surface area (Å²) in [6.07, 6.45) is 6.45. The van der Waals surface area contributed by atoms with E-state index in [4.69, 9.17) is 5.73 Å². The summed E-state index contributed by atoms with van der Waals surface area (Å²) >= 11 is 0. The maximum absolute atomic E-state index is 12.4. The summed E-state index contributed by atoms with van der Waals surface area (Å²) in [5, 5.41) is 3.02. The normalized spacial score (nSPS) is 23.7. The number of likely N-dealkylation sites (tertiary alicyclic amines) is 1. The van der Waals surface area contributed by atoms with Crippen LogP contribution in [0.5, 0.6) is 0 Å². The van der Waals surface area contributed by atoms with Crippen molar-refractivity contribution in [3.63, 3.8) is 0 Å². The molecular weight excluding hydrogens is 338 g/mol. The molecule has 1 saturated heterocycles. The number of nitrogens with two attached hydrogens (primary N) is 1. The summed E-state index contributed by atoms with van der Waals surface area (Å²) in [4.78, 5) is 26.3. The van der Waals surface area contributed by atoms with Crippen molar-refractivity contribution in [1.82, 2.24) is 4.90 Å². The summed E-state index contributed by atoms with van der Waals surface area (Å²) in [7, 11) is 0. The van der Waals surface area contributed by atoms with Crippen LogP contribution in [0.1, 0.15) is 50.5 Å². The standard InChI is InChI=1S/C19H27N3O2.ClH/c20-16-7-4-6-15(12-16)19(24)21-17-8-3-5-14(11-17)13-22-10-2-1-9-18(22)23;/h3,5,8,11,15-16H,1-2,4,6-7,9-10,12-13,20H2,(H,21,24);1H. The van der Waals surface area contributed by atoms with Crippen molar-refractivity contribution in [3.05, 3.63) is 29.8 Å². The second kappa shape index (κ2) is 9.20. The second-order valence-corrected chi connectivity index (χ2v) is 7.09. The van der Waals surface area contributed by atoms with Gasteiger partial charge in [-0.2, -0.15) is 0 Å². The molecule has 1 aliphatic heterocycles. The minimum atomic E-state index is 0. The van der Waals surface area contributed by atoms with Crippen LogP contribution in [0, 0.1) is 5.92 Å². The van der Waals surface area contributed by atoms with Gasteiger partial charge in [0.25, 0.3) is 0 Å². The SMILES string of the molecule is Cl.NC1CCCC(C(=O)Nc2cccc(CN3CCCCC3=O)c2)C1. The van der Waals surface area contributed by atoms with Gasteiger partial charge in [-0.05, 0) is 49.8 Å². The molecule has 2 amide bonds. The van der Waals surface area contributed by atoms with E-state index in [0.29, 0.717) is 13.0 Å². The molecule has 0 aromatic heterocycles. The van der Waals surface area contributed by atoms with Crippen molar-refractivity contribution in [3.8, 4) is 0 Å². The summed E-state index contributed by atoms with van der Waals surface area (Å²) in [6.45, 7) is 1.45. The van der Waals surface area contributed by atoms with Gasteiger partial charge in [0.1, 0.15) is 0 Å². The van der Waals surface area contributed by atoms with E-state index in [-0.39, 0.29) is 36.2 Å². The molecule has 2 atom stereocenters. The molecule has 138 valence electrons. The Morgan fingerprint density at radius 2 is 2.08 bits per heavy atom. The molecular formula is C19H28ClN3O2. The van der Waals surface area contributed by atoms with Gasteiger partial charge >= 0.3 is 0 Å². The number of benzene rings is 1. The van der Waals surface area contributed by atoms with Crippen LogP contribution in [0.2, 0.25) is 0 Å². The Kier molecular flexibility index (Phi) is 7.26. The fourth-order valence-electron chi connectivity index (χ4n) is 3.71. The van der Waals surface area contributed by atoms with Crippen molar-refractivity contribution in [2.75, 3.05) is 11.9 Å². The Balaban J connectivity index is 0.00000225. The van der Waals surface area contributed by atoms with Crippen LogP contribution in [-0.2, 0) is 16.1 Å². The van der Waals surface area contributed by atoms with Gasteiger partial charge in [0.05, 0.1) is 0 Å². The van der Waals surface area contributed by atoms with Crippen molar-refractivity contribution in [2.45, 2.75) is 57.5 Å². The predicted octanol–water partition coefficient (Wildman–Crippen LogP) is 3.08. The number of halogens is 1. The quantitative estimate of drug-likeness (QED) is 0.860. The Bertz CT molecular complexity index is 608. The first-order valence-electron chi connectivity index (χ1n) is 9.05. The molecule has 25 heavy (non-hydrogen) atoms. The van der Waals surface area contributed by atoms with Crippen LogP contribution in [0.25, 0.3) is 0 Å². The molecule has 3 N–H and O–H groups in total.